The first kappa shape index (κ1) is 16.0. The summed E-state index contributed by atoms with van der Waals surface area (Å²) in [5, 5.41) is 2.96. The Bertz CT molecular complexity index is 288. The van der Waals surface area contributed by atoms with Gasteiger partial charge in [-0.05, 0) is 18.5 Å². The van der Waals surface area contributed by atoms with Crippen LogP contribution >= 0.6 is 0 Å². The maximum Gasteiger partial charge on any atom is 0.394 e. The van der Waals surface area contributed by atoms with E-state index in [0.29, 0.717) is 13.1 Å². The summed E-state index contributed by atoms with van der Waals surface area (Å²) < 4.78 is 37.6. The van der Waals surface area contributed by atoms with Crippen molar-refractivity contribution in [2.45, 2.75) is 26.4 Å². The predicted molar refractivity (Wildman–Crippen MR) is 65.8 cm³/mol. The molecule has 1 nitrogen and oxygen atoms in total. The van der Waals surface area contributed by atoms with Crippen molar-refractivity contribution in [1.82, 2.24) is 5.32 Å². The standard InChI is InChI=1S/C13H20F3N/c1-5-7-11(6-2)10-17-9-8-12(3,4)13(14,15)16/h5-7,17H,1-2,8-10H2,3-4H3/b11-7+. The summed E-state index contributed by atoms with van der Waals surface area (Å²) in [6.07, 6.45) is 0.943. The highest BCUT2D eigenvalue weighted by Gasteiger charge is 2.46. The quantitative estimate of drug-likeness (QED) is 0.532. The number of nitrogens with one attached hydrogen (secondary N) is 1. The Morgan fingerprint density at radius 2 is 1.82 bits per heavy atom. The highest BCUT2D eigenvalue weighted by Crippen LogP contribution is 2.39. The molecule has 0 aromatic rings. The molecule has 0 amide bonds. The van der Waals surface area contributed by atoms with Crippen LogP contribution in [0.15, 0.2) is 37.0 Å². The van der Waals surface area contributed by atoms with Gasteiger partial charge in [0.1, 0.15) is 0 Å². The van der Waals surface area contributed by atoms with Crippen LogP contribution in [0.5, 0.6) is 0 Å². The van der Waals surface area contributed by atoms with Crippen LogP contribution in [0.4, 0.5) is 13.2 Å². The van der Waals surface area contributed by atoms with E-state index in [9.17, 15) is 13.2 Å². The Kier molecular flexibility index (Phi) is 6.24. The number of hydrogen-bond donors (Lipinski definition) is 1. The lowest BCUT2D eigenvalue weighted by Gasteiger charge is -2.27. The van der Waals surface area contributed by atoms with Gasteiger partial charge in [-0.15, -0.1) is 0 Å². The Balaban J connectivity index is 4.05. The van der Waals surface area contributed by atoms with Crippen molar-refractivity contribution in [2.24, 2.45) is 5.41 Å². The van der Waals surface area contributed by atoms with E-state index in [1.807, 2.05) is 0 Å². The van der Waals surface area contributed by atoms with Gasteiger partial charge in [-0.2, -0.15) is 13.2 Å². The van der Waals surface area contributed by atoms with Crippen molar-refractivity contribution in [3.8, 4) is 0 Å². The fraction of sp³-hybridized carbons (Fsp3) is 0.538. The molecule has 0 bridgehead atoms. The molecule has 0 atom stereocenters. The van der Waals surface area contributed by atoms with E-state index in [-0.39, 0.29) is 6.42 Å². The summed E-state index contributed by atoms with van der Waals surface area (Å²) in [7, 11) is 0. The minimum Gasteiger partial charge on any atom is -0.313 e. The fourth-order valence-electron chi connectivity index (χ4n) is 1.13. The molecule has 0 aliphatic carbocycles. The van der Waals surface area contributed by atoms with Gasteiger partial charge in [-0.1, -0.05) is 45.2 Å². The first-order chi connectivity index (χ1) is 7.74. The van der Waals surface area contributed by atoms with Gasteiger partial charge in [0, 0.05) is 6.54 Å². The molecular weight excluding hydrogens is 227 g/mol. The molecule has 0 unspecified atom stereocenters. The monoisotopic (exact) mass is 247 g/mol. The molecule has 0 fully saturated rings. The largest absolute Gasteiger partial charge is 0.394 e. The lowest BCUT2D eigenvalue weighted by molar-refractivity contribution is -0.213. The first-order valence-corrected chi connectivity index (χ1v) is 5.46. The molecular formula is C13H20F3N. The molecule has 1 N–H and O–H groups in total. The van der Waals surface area contributed by atoms with Crippen LogP contribution in [0, 0.1) is 5.41 Å². The maximum absolute atomic E-state index is 12.5. The van der Waals surface area contributed by atoms with Crippen LogP contribution < -0.4 is 5.32 Å². The summed E-state index contributed by atoms with van der Waals surface area (Å²) in [5.74, 6) is 0. The van der Waals surface area contributed by atoms with Crippen molar-refractivity contribution < 1.29 is 13.2 Å². The average molecular weight is 247 g/mol. The molecule has 17 heavy (non-hydrogen) atoms. The average Bonchev–Trinajstić information content (AvgIpc) is 2.21. The van der Waals surface area contributed by atoms with Crippen LogP contribution in [-0.2, 0) is 0 Å². The Hall–Kier alpha value is -1.03. The maximum atomic E-state index is 12.5. The highest BCUT2D eigenvalue weighted by molar-refractivity contribution is 5.22. The van der Waals surface area contributed by atoms with Gasteiger partial charge in [0.25, 0.3) is 0 Å². The topological polar surface area (TPSA) is 12.0 Å². The summed E-state index contributed by atoms with van der Waals surface area (Å²) in [6, 6.07) is 0. The van der Waals surface area contributed by atoms with Crippen LogP contribution in [0.3, 0.4) is 0 Å². The smallest absolute Gasteiger partial charge is 0.313 e. The van der Waals surface area contributed by atoms with E-state index < -0.39 is 11.6 Å². The molecule has 0 aromatic heterocycles. The van der Waals surface area contributed by atoms with E-state index in [1.165, 1.54) is 13.8 Å². The Morgan fingerprint density at radius 3 is 2.24 bits per heavy atom. The highest BCUT2D eigenvalue weighted by atomic mass is 19.4. The first-order valence-electron chi connectivity index (χ1n) is 5.46. The number of halogens is 3. The van der Waals surface area contributed by atoms with E-state index in [0.717, 1.165) is 5.57 Å². The zero-order chi connectivity index (χ0) is 13.5. The molecule has 0 radical (unpaired) electrons. The summed E-state index contributed by atoms with van der Waals surface area (Å²) in [4.78, 5) is 0. The van der Waals surface area contributed by atoms with E-state index in [1.54, 1.807) is 18.2 Å². The van der Waals surface area contributed by atoms with Gasteiger partial charge in [0.15, 0.2) is 0 Å². The summed E-state index contributed by atoms with van der Waals surface area (Å²) in [6.45, 7) is 10.4. The van der Waals surface area contributed by atoms with Gasteiger partial charge in [0.2, 0.25) is 0 Å². The molecule has 0 aliphatic heterocycles. The number of allylic oxidation sites excluding steroid dienone is 2. The minimum atomic E-state index is -4.16. The predicted octanol–water partition coefficient (Wildman–Crippen LogP) is 3.85. The third-order valence-electron chi connectivity index (χ3n) is 2.62. The molecule has 98 valence electrons. The van der Waals surface area contributed by atoms with Gasteiger partial charge < -0.3 is 5.32 Å². The van der Waals surface area contributed by atoms with Crippen molar-refractivity contribution in [1.29, 1.82) is 0 Å². The zero-order valence-electron chi connectivity index (χ0n) is 10.4. The molecule has 0 rings (SSSR count). The lowest BCUT2D eigenvalue weighted by Crippen LogP contribution is -2.35. The zero-order valence-corrected chi connectivity index (χ0v) is 10.4. The van der Waals surface area contributed by atoms with Crippen LogP contribution in [0.25, 0.3) is 0 Å². The lowest BCUT2D eigenvalue weighted by atomic mass is 9.88. The number of alkyl halides is 3. The van der Waals surface area contributed by atoms with E-state index in [2.05, 4.69) is 18.5 Å². The second-order valence-corrected chi connectivity index (χ2v) is 4.49. The van der Waals surface area contributed by atoms with Crippen molar-refractivity contribution in [2.75, 3.05) is 13.1 Å². The van der Waals surface area contributed by atoms with Crippen molar-refractivity contribution >= 4 is 0 Å². The van der Waals surface area contributed by atoms with E-state index >= 15 is 0 Å². The van der Waals surface area contributed by atoms with E-state index in [4.69, 9.17) is 0 Å². The van der Waals surface area contributed by atoms with Gasteiger partial charge in [-0.3, -0.25) is 0 Å². The van der Waals surface area contributed by atoms with Crippen molar-refractivity contribution in [3.05, 3.63) is 37.0 Å². The molecule has 0 aliphatic rings. The molecule has 4 heteroatoms. The third-order valence-corrected chi connectivity index (χ3v) is 2.62. The molecule has 0 aromatic carbocycles. The van der Waals surface area contributed by atoms with Gasteiger partial charge in [-0.25, -0.2) is 0 Å². The minimum absolute atomic E-state index is 0.0506. The second kappa shape index (κ2) is 6.64. The molecule has 0 saturated carbocycles. The Morgan fingerprint density at radius 1 is 1.24 bits per heavy atom. The molecule has 0 saturated heterocycles. The van der Waals surface area contributed by atoms with Crippen LogP contribution in [-0.4, -0.2) is 19.3 Å². The summed E-state index contributed by atoms with van der Waals surface area (Å²) >= 11 is 0. The van der Waals surface area contributed by atoms with Crippen molar-refractivity contribution in [3.63, 3.8) is 0 Å². The fourth-order valence-corrected chi connectivity index (χ4v) is 1.13. The number of hydrogen-bond acceptors (Lipinski definition) is 1. The van der Waals surface area contributed by atoms with Crippen LogP contribution in [0.1, 0.15) is 20.3 Å². The Labute approximate surface area is 101 Å². The molecule has 0 spiro atoms. The molecule has 0 heterocycles. The van der Waals surface area contributed by atoms with Gasteiger partial charge in [0.05, 0.1) is 5.41 Å². The SMILES string of the molecule is C=C/C=C(\C=C)CNCCC(C)(C)C(F)(F)F. The van der Waals surface area contributed by atoms with Gasteiger partial charge >= 0.3 is 6.18 Å². The summed E-state index contributed by atoms with van der Waals surface area (Å²) in [5.41, 5.74) is -0.749. The second-order valence-electron chi connectivity index (χ2n) is 4.49. The van der Waals surface area contributed by atoms with Crippen LogP contribution in [0.2, 0.25) is 0 Å². The number of rotatable bonds is 7. The third kappa shape index (κ3) is 5.73. The normalized spacial score (nSPS) is 13.6.